The Morgan fingerprint density at radius 2 is 2.08 bits per heavy atom. The maximum atomic E-state index is 13.1. The molecule has 0 N–H and O–H groups in total. The van der Waals surface area contributed by atoms with Gasteiger partial charge in [-0.1, -0.05) is 18.2 Å². The van der Waals surface area contributed by atoms with Gasteiger partial charge in [0.1, 0.15) is 12.4 Å². The lowest BCUT2D eigenvalue weighted by atomic mass is 10.2. The Hall–Kier alpha value is -2.61. The minimum Gasteiger partial charge on any atom is -0.334 e. The zero-order valence-electron chi connectivity index (χ0n) is 13.4. The van der Waals surface area contributed by atoms with Crippen molar-refractivity contribution < 1.29 is 9.18 Å². The van der Waals surface area contributed by atoms with E-state index in [0.717, 1.165) is 23.3 Å². The summed E-state index contributed by atoms with van der Waals surface area (Å²) in [5.74, 6) is 0.197. The van der Waals surface area contributed by atoms with Crippen LogP contribution in [0.1, 0.15) is 18.4 Å². The molecule has 0 aliphatic heterocycles. The van der Waals surface area contributed by atoms with Crippen LogP contribution < -0.4 is 0 Å². The largest absolute Gasteiger partial charge is 0.334 e. The van der Waals surface area contributed by atoms with Gasteiger partial charge < -0.3 is 4.90 Å². The number of hydrogen-bond donors (Lipinski definition) is 0. The second kappa shape index (κ2) is 6.72. The molecule has 2 heterocycles. The number of amides is 1. The average Bonchev–Trinajstić information content (AvgIpc) is 3.09. The third-order valence-electron chi connectivity index (χ3n) is 4.05. The molecule has 0 bridgehead atoms. The van der Waals surface area contributed by atoms with Gasteiger partial charge in [-0.3, -0.25) is 4.79 Å². The Labute approximate surface area is 147 Å². The van der Waals surface area contributed by atoms with Crippen LogP contribution in [0.3, 0.4) is 0 Å². The van der Waals surface area contributed by atoms with Crippen LogP contribution in [0.25, 0.3) is 10.7 Å². The molecule has 0 saturated heterocycles. The third kappa shape index (κ3) is 3.74. The first-order valence-electron chi connectivity index (χ1n) is 8.04. The number of aromatic nitrogens is 4. The number of hydrogen-bond acceptors (Lipinski definition) is 5. The molecule has 4 rings (SSSR count). The van der Waals surface area contributed by atoms with Crippen molar-refractivity contribution in [2.75, 3.05) is 0 Å². The van der Waals surface area contributed by atoms with Gasteiger partial charge in [-0.05, 0) is 47.2 Å². The number of carbonyl (C=O) groups is 1. The van der Waals surface area contributed by atoms with Crippen LogP contribution in [0.4, 0.5) is 4.39 Å². The van der Waals surface area contributed by atoms with Crippen molar-refractivity contribution in [3.05, 3.63) is 53.2 Å². The van der Waals surface area contributed by atoms with Crippen molar-refractivity contribution in [1.82, 2.24) is 25.1 Å². The molecule has 0 unspecified atom stereocenters. The highest BCUT2D eigenvalue weighted by Crippen LogP contribution is 2.28. The number of thiophene rings is 1. The maximum Gasteiger partial charge on any atom is 0.246 e. The van der Waals surface area contributed by atoms with Crippen molar-refractivity contribution in [3.8, 4) is 10.7 Å². The predicted octanol–water partition coefficient (Wildman–Crippen LogP) is 2.73. The minimum absolute atomic E-state index is 0.0517. The molecule has 0 atom stereocenters. The molecule has 25 heavy (non-hydrogen) atoms. The molecule has 1 saturated carbocycles. The van der Waals surface area contributed by atoms with Crippen LogP contribution in [0.2, 0.25) is 0 Å². The van der Waals surface area contributed by atoms with Gasteiger partial charge in [0, 0.05) is 12.6 Å². The molecule has 0 spiro atoms. The van der Waals surface area contributed by atoms with E-state index in [1.54, 1.807) is 12.1 Å². The van der Waals surface area contributed by atoms with E-state index in [1.807, 2.05) is 22.4 Å². The first-order valence-corrected chi connectivity index (χ1v) is 8.92. The zero-order chi connectivity index (χ0) is 17.2. The number of rotatable bonds is 6. The summed E-state index contributed by atoms with van der Waals surface area (Å²) in [5.41, 5.74) is 0.910. The van der Waals surface area contributed by atoms with Gasteiger partial charge in [0.05, 0.1) is 4.88 Å². The lowest BCUT2D eigenvalue weighted by Crippen LogP contribution is -2.35. The second-order valence-corrected chi connectivity index (χ2v) is 6.95. The summed E-state index contributed by atoms with van der Waals surface area (Å²) >= 11 is 1.53. The van der Waals surface area contributed by atoms with Crippen molar-refractivity contribution in [2.45, 2.75) is 32.0 Å². The van der Waals surface area contributed by atoms with Crippen LogP contribution in [0, 0.1) is 5.82 Å². The molecule has 0 radical (unpaired) electrons. The van der Waals surface area contributed by atoms with Gasteiger partial charge >= 0.3 is 0 Å². The Balaban J connectivity index is 1.45. The summed E-state index contributed by atoms with van der Waals surface area (Å²) in [5, 5.41) is 14.2. The van der Waals surface area contributed by atoms with E-state index in [0.29, 0.717) is 12.4 Å². The highest BCUT2D eigenvalue weighted by atomic mass is 32.1. The minimum atomic E-state index is -0.277. The molecule has 1 amide bonds. The van der Waals surface area contributed by atoms with E-state index in [9.17, 15) is 9.18 Å². The quantitative estimate of drug-likeness (QED) is 0.680. The summed E-state index contributed by atoms with van der Waals surface area (Å²) in [6.45, 7) is 0.520. The molecule has 1 aliphatic rings. The molecule has 1 aliphatic carbocycles. The Kier molecular flexibility index (Phi) is 4.27. The maximum absolute atomic E-state index is 13.1. The first kappa shape index (κ1) is 15.9. The van der Waals surface area contributed by atoms with Crippen LogP contribution in [0.15, 0.2) is 41.8 Å². The molecule has 1 fully saturated rings. The Bertz CT molecular complexity index is 858. The van der Waals surface area contributed by atoms with Crippen molar-refractivity contribution in [3.63, 3.8) is 0 Å². The van der Waals surface area contributed by atoms with Crippen LogP contribution >= 0.6 is 11.3 Å². The second-order valence-electron chi connectivity index (χ2n) is 6.00. The summed E-state index contributed by atoms with van der Waals surface area (Å²) < 4.78 is 13.1. The fourth-order valence-corrected chi connectivity index (χ4v) is 3.27. The van der Waals surface area contributed by atoms with Crippen LogP contribution in [-0.2, 0) is 17.9 Å². The molecular formula is C17H16FN5OS. The van der Waals surface area contributed by atoms with Gasteiger partial charge in [-0.2, -0.15) is 4.80 Å². The van der Waals surface area contributed by atoms with E-state index >= 15 is 0 Å². The van der Waals surface area contributed by atoms with E-state index in [4.69, 9.17) is 0 Å². The van der Waals surface area contributed by atoms with Crippen molar-refractivity contribution in [2.24, 2.45) is 0 Å². The highest BCUT2D eigenvalue weighted by molar-refractivity contribution is 7.13. The summed E-state index contributed by atoms with van der Waals surface area (Å²) in [4.78, 5) is 16.8. The average molecular weight is 357 g/mol. The molecule has 8 heteroatoms. The fourth-order valence-electron chi connectivity index (χ4n) is 2.62. The van der Waals surface area contributed by atoms with Crippen LogP contribution in [-0.4, -0.2) is 37.1 Å². The number of tetrazole rings is 1. The highest BCUT2D eigenvalue weighted by Gasteiger charge is 2.32. The summed E-state index contributed by atoms with van der Waals surface area (Å²) in [7, 11) is 0. The lowest BCUT2D eigenvalue weighted by Gasteiger charge is -2.22. The van der Waals surface area contributed by atoms with Gasteiger partial charge in [0.25, 0.3) is 0 Å². The Morgan fingerprint density at radius 3 is 2.76 bits per heavy atom. The zero-order valence-corrected chi connectivity index (χ0v) is 14.2. The number of benzene rings is 1. The Morgan fingerprint density at radius 1 is 1.28 bits per heavy atom. The van der Waals surface area contributed by atoms with Crippen LogP contribution in [0.5, 0.6) is 0 Å². The van der Waals surface area contributed by atoms with E-state index in [1.165, 1.54) is 28.3 Å². The molecule has 2 aromatic heterocycles. The smallest absolute Gasteiger partial charge is 0.246 e. The fraction of sp³-hybridized carbons (Fsp3) is 0.294. The first-order chi connectivity index (χ1) is 12.2. The molecule has 1 aromatic carbocycles. The SMILES string of the molecule is O=C(Cn1nnc(-c2cccs2)n1)N(Cc1ccc(F)cc1)C1CC1. The summed E-state index contributed by atoms with van der Waals surface area (Å²) in [6, 6.07) is 10.3. The number of carbonyl (C=O) groups excluding carboxylic acids is 1. The normalized spacial score (nSPS) is 13.8. The molecule has 6 nitrogen and oxygen atoms in total. The number of halogens is 1. The van der Waals surface area contributed by atoms with Gasteiger partial charge in [-0.15, -0.1) is 21.5 Å². The molecular weight excluding hydrogens is 341 g/mol. The van der Waals surface area contributed by atoms with Crippen molar-refractivity contribution >= 4 is 17.2 Å². The predicted molar refractivity (Wildman–Crippen MR) is 91.1 cm³/mol. The third-order valence-corrected chi connectivity index (χ3v) is 4.91. The van der Waals surface area contributed by atoms with E-state index in [-0.39, 0.29) is 24.3 Å². The monoisotopic (exact) mass is 357 g/mol. The van der Waals surface area contributed by atoms with E-state index < -0.39 is 0 Å². The molecule has 3 aromatic rings. The van der Waals surface area contributed by atoms with Gasteiger partial charge in [-0.25, -0.2) is 4.39 Å². The van der Waals surface area contributed by atoms with Crippen molar-refractivity contribution in [1.29, 1.82) is 0 Å². The summed E-state index contributed by atoms with van der Waals surface area (Å²) in [6.07, 6.45) is 2.00. The van der Waals surface area contributed by atoms with Gasteiger partial charge in [0.2, 0.25) is 11.7 Å². The standard InChI is InChI=1S/C17H16FN5OS/c18-13-5-3-12(4-6-13)10-22(14-7-8-14)16(24)11-23-20-17(19-21-23)15-2-1-9-25-15/h1-6,9,14H,7-8,10-11H2. The van der Waals surface area contributed by atoms with E-state index in [2.05, 4.69) is 15.4 Å². The topological polar surface area (TPSA) is 63.9 Å². The molecule has 128 valence electrons. The number of nitrogens with zero attached hydrogens (tertiary/aromatic N) is 5. The van der Waals surface area contributed by atoms with Gasteiger partial charge in [0.15, 0.2) is 0 Å². The lowest BCUT2D eigenvalue weighted by molar-refractivity contribution is -0.133.